The van der Waals surface area contributed by atoms with Gasteiger partial charge >= 0.3 is 11.8 Å². The van der Waals surface area contributed by atoms with Crippen molar-refractivity contribution >= 4 is 29.4 Å². The van der Waals surface area contributed by atoms with E-state index in [4.69, 9.17) is 4.74 Å². The summed E-state index contributed by atoms with van der Waals surface area (Å²) in [6.07, 6.45) is 1.47. The van der Waals surface area contributed by atoms with Crippen LogP contribution in [0.4, 0.5) is 11.4 Å². The van der Waals surface area contributed by atoms with Crippen LogP contribution in [-0.2, 0) is 9.59 Å². The Kier molecular flexibility index (Phi) is 6.11. The number of hydrogen-bond acceptors (Lipinski definition) is 5. The summed E-state index contributed by atoms with van der Waals surface area (Å²) in [6.45, 7) is 0. The Morgan fingerprint density at radius 1 is 1.08 bits per heavy atom. The maximum absolute atomic E-state index is 11.8. The molecule has 0 aromatic heterocycles. The summed E-state index contributed by atoms with van der Waals surface area (Å²) in [4.78, 5) is 25.6. The molecule has 0 fully saturated rings. The number of nitrogens with zero attached hydrogens (tertiary/aromatic N) is 2. The van der Waals surface area contributed by atoms with Crippen LogP contribution in [0.5, 0.6) is 5.75 Å². The van der Waals surface area contributed by atoms with Gasteiger partial charge in [-0.25, -0.2) is 5.43 Å². The van der Waals surface area contributed by atoms with E-state index in [0.717, 1.165) is 11.3 Å². The first-order valence-corrected chi connectivity index (χ1v) is 7.55. The molecule has 2 aromatic rings. The van der Waals surface area contributed by atoms with Crippen molar-refractivity contribution < 1.29 is 14.3 Å². The van der Waals surface area contributed by atoms with E-state index in [1.807, 2.05) is 43.3 Å². The van der Waals surface area contributed by atoms with E-state index >= 15 is 0 Å². The third-order valence-corrected chi connectivity index (χ3v) is 3.32. The van der Waals surface area contributed by atoms with Crippen molar-refractivity contribution in [3.8, 4) is 5.75 Å². The lowest BCUT2D eigenvalue weighted by Crippen LogP contribution is -2.32. The van der Waals surface area contributed by atoms with E-state index in [-0.39, 0.29) is 0 Å². The third-order valence-electron chi connectivity index (χ3n) is 3.32. The van der Waals surface area contributed by atoms with Gasteiger partial charge in [-0.05, 0) is 29.8 Å². The van der Waals surface area contributed by atoms with Gasteiger partial charge in [-0.1, -0.05) is 18.2 Å². The van der Waals surface area contributed by atoms with Gasteiger partial charge in [0.1, 0.15) is 5.75 Å². The number of carbonyl (C=O) groups excluding carboxylic acids is 2. The van der Waals surface area contributed by atoms with Crippen molar-refractivity contribution in [1.82, 2.24) is 5.43 Å². The minimum absolute atomic E-state index is 0.461. The molecule has 2 aromatic carbocycles. The quantitative estimate of drug-likeness (QED) is 0.494. The Bertz CT molecular complexity index is 770. The number of ether oxygens (including phenoxy) is 1. The molecule has 2 amide bonds. The second-order valence-electron chi connectivity index (χ2n) is 5.37. The smallest absolute Gasteiger partial charge is 0.329 e. The average molecular weight is 340 g/mol. The van der Waals surface area contributed by atoms with Crippen molar-refractivity contribution in [3.63, 3.8) is 0 Å². The van der Waals surface area contributed by atoms with Crippen LogP contribution < -0.4 is 20.4 Å². The number of carbonyl (C=O) groups is 2. The summed E-state index contributed by atoms with van der Waals surface area (Å²) in [7, 11) is 5.42. The Labute approximate surface area is 146 Å². The normalized spacial score (nSPS) is 10.4. The molecule has 7 nitrogen and oxygen atoms in total. The predicted molar refractivity (Wildman–Crippen MR) is 98.1 cm³/mol. The Morgan fingerprint density at radius 2 is 1.80 bits per heavy atom. The fourth-order valence-electron chi connectivity index (χ4n) is 1.96. The molecule has 0 unspecified atom stereocenters. The Hall–Kier alpha value is -3.35. The molecule has 0 aliphatic carbocycles. The molecule has 130 valence electrons. The van der Waals surface area contributed by atoms with Gasteiger partial charge in [0, 0.05) is 31.5 Å². The van der Waals surface area contributed by atoms with Crippen LogP contribution in [0, 0.1) is 0 Å². The molecular formula is C18H20N4O3. The van der Waals surface area contributed by atoms with Crippen LogP contribution in [0.3, 0.4) is 0 Å². The SMILES string of the molecule is COc1cccc(NC(=O)C(=O)N/N=C\c2ccc(N(C)C)cc2)c1. The fraction of sp³-hybridized carbons (Fsp3) is 0.167. The van der Waals surface area contributed by atoms with Crippen molar-refractivity contribution in [2.24, 2.45) is 5.10 Å². The first-order valence-electron chi connectivity index (χ1n) is 7.55. The van der Waals surface area contributed by atoms with Crippen molar-refractivity contribution in [1.29, 1.82) is 0 Å². The van der Waals surface area contributed by atoms with Crippen LogP contribution in [0.2, 0.25) is 0 Å². The van der Waals surface area contributed by atoms with Gasteiger partial charge in [-0.15, -0.1) is 0 Å². The van der Waals surface area contributed by atoms with Gasteiger partial charge in [-0.3, -0.25) is 9.59 Å². The lowest BCUT2D eigenvalue weighted by atomic mass is 10.2. The molecule has 7 heteroatoms. The van der Waals surface area contributed by atoms with E-state index in [1.54, 1.807) is 24.3 Å². The molecule has 0 spiro atoms. The van der Waals surface area contributed by atoms with Crippen molar-refractivity contribution in [2.45, 2.75) is 0 Å². The number of hydrogen-bond donors (Lipinski definition) is 2. The molecule has 2 rings (SSSR count). The number of anilines is 2. The van der Waals surface area contributed by atoms with E-state index in [2.05, 4.69) is 15.8 Å². The first kappa shape index (κ1) is 18.0. The number of amides is 2. The molecule has 2 N–H and O–H groups in total. The number of benzene rings is 2. The molecule has 0 saturated heterocycles. The molecule has 25 heavy (non-hydrogen) atoms. The highest BCUT2D eigenvalue weighted by molar-refractivity contribution is 6.39. The van der Waals surface area contributed by atoms with Crippen molar-refractivity contribution in [3.05, 3.63) is 54.1 Å². The van der Waals surface area contributed by atoms with Crippen LogP contribution in [0.15, 0.2) is 53.6 Å². The third kappa shape index (κ3) is 5.35. The van der Waals surface area contributed by atoms with E-state index in [1.165, 1.54) is 13.3 Å². The molecule has 0 saturated carbocycles. The Morgan fingerprint density at radius 3 is 2.44 bits per heavy atom. The molecule has 0 aliphatic rings. The van der Waals surface area contributed by atoms with Gasteiger partial charge in [0.15, 0.2) is 0 Å². The zero-order chi connectivity index (χ0) is 18.2. The second kappa shape index (κ2) is 8.49. The molecular weight excluding hydrogens is 320 g/mol. The topological polar surface area (TPSA) is 83.0 Å². The van der Waals surface area contributed by atoms with Gasteiger partial charge in [-0.2, -0.15) is 5.10 Å². The van der Waals surface area contributed by atoms with Crippen LogP contribution in [0.1, 0.15) is 5.56 Å². The molecule has 0 bridgehead atoms. The highest BCUT2D eigenvalue weighted by atomic mass is 16.5. The van der Waals surface area contributed by atoms with E-state index in [0.29, 0.717) is 11.4 Å². The average Bonchev–Trinajstić information content (AvgIpc) is 2.62. The summed E-state index contributed by atoms with van der Waals surface area (Å²) in [6, 6.07) is 14.3. The van der Waals surface area contributed by atoms with Gasteiger partial charge < -0.3 is 15.0 Å². The minimum atomic E-state index is -0.857. The van der Waals surface area contributed by atoms with Crippen LogP contribution in [0.25, 0.3) is 0 Å². The maximum Gasteiger partial charge on any atom is 0.329 e. The Balaban J connectivity index is 1.89. The fourth-order valence-corrected chi connectivity index (χ4v) is 1.96. The van der Waals surface area contributed by atoms with Crippen LogP contribution >= 0.6 is 0 Å². The lowest BCUT2D eigenvalue weighted by Gasteiger charge is -2.11. The highest BCUT2D eigenvalue weighted by Gasteiger charge is 2.13. The number of nitrogens with one attached hydrogen (secondary N) is 2. The number of hydrazone groups is 1. The molecule has 0 radical (unpaired) electrons. The first-order chi connectivity index (χ1) is 12.0. The maximum atomic E-state index is 11.8. The standard InChI is InChI=1S/C18H20N4O3/c1-22(2)15-9-7-13(8-10-15)12-19-21-18(24)17(23)20-14-5-4-6-16(11-14)25-3/h4-12H,1-3H3,(H,20,23)(H,21,24)/b19-12-. The van der Waals surface area contributed by atoms with E-state index < -0.39 is 11.8 Å². The second-order valence-corrected chi connectivity index (χ2v) is 5.37. The molecule has 0 aliphatic heterocycles. The molecule has 0 atom stereocenters. The van der Waals surface area contributed by atoms with Crippen molar-refractivity contribution in [2.75, 3.05) is 31.4 Å². The van der Waals surface area contributed by atoms with Gasteiger partial charge in [0.25, 0.3) is 0 Å². The summed E-state index contributed by atoms with van der Waals surface area (Å²) in [5.41, 5.74) is 4.51. The lowest BCUT2D eigenvalue weighted by molar-refractivity contribution is -0.136. The monoisotopic (exact) mass is 340 g/mol. The summed E-state index contributed by atoms with van der Waals surface area (Å²) in [5, 5.41) is 6.26. The summed E-state index contributed by atoms with van der Waals surface area (Å²) >= 11 is 0. The largest absolute Gasteiger partial charge is 0.497 e. The highest BCUT2D eigenvalue weighted by Crippen LogP contribution is 2.16. The van der Waals surface area contributed by atoms with E-state index in [9.17, 15) is 9.59 Å². The number of rotatable bonds is 5. The summed E-state index contributed by atoms with van der Waals surface area (Å²) < 4.78 is 5.06. The summed E-state index contributed by atoms with van der Waals surface area (Å²) in [5.74, 6) is -1.09. The van der Waals surface area contributed by atoms with Gasteiger partial charge in [0.05, 0.1) is 13.3 Å². The minimum Gasteiger partial charge on any atom is -0.497 e. The van der Waals surface area contributed by atoms with Gasteiger partial charge in [0.2, 0.25) is 0 Å². The number of methoxy groups -OCH3 is 1. The van der Waals surface area contributed by atoms with Crippen LogP contribution in [-0.4, -0.2) is 39.2 Å². The zero-order valence-corrected chi connectivity index (χ0v) is 14.3. The molecule has 0 heterocycles. The predicted octanol–water partition coefficient (Wildman–Crippen LogP) is 1.85. The zero-order valence-electron chi connectivity index (χ0n) is 14.3.